The maximum Gasteiger partial charge on any atom is 0.246 e. The van der Waals surface area contributed by atoms with Crippen LogP contribution in [-0.4, -0.2) is 31.2 Å². The molecule has 0 fully saturated rings. The molecule has 4 nitrogen and oxygen atoms in total. The van der Waals surface area contributed by atoms with Crippen molar-refractivity contribution in [1.82, 2.24) is 0 Å². The van der Waals surface area contributed by atoms with E-state index in [2.05, 4.69) is 5.32 Å². The van der Waals surface area contributed by atoms with Crippen molar-refractivity contribution >= 4 is 17.3 Å². The molecule has 1 N–H and O–H groups in total. The van der Waals surface area contributed by atoms with Gasteiger partial charge in [0.05, 0.1) is 30.1 Å². The summed E-state index contributed by atoms with van der Waals surface area (Å²) in [4.78, 5) is 13.7. The van der Waals surface area contributed by atoms with Gasteiger partial charge in [-0.3, -0.25) is 4.79 Å². The predicted octanol–water partition coefficient (Wildman–Crippen LogP) is 2.26. The standard InChI is InChI=1S/C14H20N2O2/c1-14(2,3)18-9-8-16-12-7-5-4-6-11(12)15-10-13(16)17/h4-7,15H,8-10H2,1-3H3. The number of benzene rings is 1. The zero-order valence-corrected chi connectivity index (χ0v) is 11.2. The Hall–Kier alpha value is -1.55. The van der Waals surface area contributed by atoms with E-state index in [0.29, 0.717) is 19.7 Å². The fourth-order valence-corrected chi connectivity index (χ4v) is 1.95. The summed E-state index contributed by atoms with van der Waals surface area (Å²) in [5.41, 5.74) is 1.77. The summed E-state index contributed by atoms with van der Waals surface area (Å²) in [6.07, 6.45) is 0. The Kier molecular flexibility index (Phi) is 3.57. The van der Waals surface area contributed by atoms with E-state index in [0.717, 1.165) is 11.4 Å². The predicted molar refractivity (Wildman–Crippen MR) is 73.0 cm³/mol. The maximum atomic E-state index is 11.9. The molecule has 1 aromatic carbocycles. The molecular weight excluding hydrogens is 228 g/mol. The van der Waals surface area contributed by atoms with Crippen LogP contribution in [0.3, 0.4) is 0 Å². The van der Waals surface area contributed by atoms with E-state index >= 15 is 0 Å². The SMILES string of the molecule is CC(C)(C)OCCN1C(=O)CNc2ccccc21. The van der Waals surface area contributed by atoms with Gasteiger partial charge < -0.3 is 15.0 Å². The highest BCUT2D eigenvalue weighted by Gasteiger charge is 2.23. The normalized spacial score (nSPS) is 15.3. The molecule has 2 rings (SSSR count). The monoisotopic (exact) mass is 248 g/mol. The highest BCUT2D eigenvalue weighted by molar-refractivity contribution is 6.02. The minimum atomic E-state index is -0.170. The molecule has 0 atom stereocenters. The summed E-state index contributed by atoms with van der Waals surface area (Å²) in [6, 6.07) is 7.85. The van der Waals surface area contributed by atoms with Gasteiger partial charge in [-0.25, -0.2) is 0 Å². The van der Waals surface area contributed by atoms with E-state index in [-0.39, 0.29) is 11.5 Å². The van der Waals surface area contributed by atoms with Crippen LogP contribution in [0.1, 0.15) is 20.8 Å². The van der Waals surface area contributed by atoms with Gasteiger partial charge in [0.15, 0.2) is 0 Å². The Morgan fingerprint density at radius 3 is 2.78 bits per heavy atom. The lowest BCUT2D eigenvalue weighted by atomic mass is 10.2. The first-order chi connectivity index (χ1) is 8.47. The molecule has 0 bridgehead atoms. The van der Waals surface area contributed by atoms with Crippen molar-refractivity contribution in [3.05, 3.63) is 24.3 Å². The van der Waals surface area contributed by atoms with Crippen LogP contribution in [0.25, 0.3) is 0 Å². The van der Waals surface area contributed by atoms with Crippen molar-refractivity contribution in [2.75, 3.05) is 29.9 Å². The van der Waals surface area contributed by atoms with E-state index in [1.807, 2.05) is 45.0 Å². The number of para-hydroxylation sites is 2. The molecule has 0 spiro atoms. The van der Waals surface area contributed by atoms with Gasteiger partial charge in [0.25, 0.3) is 0 Å². The Balaban J connectivity index is 2.05. The Bertz CT molecular complexity index is 438. The van der Waals surface area contributed by atoms with Crippen LogP contribution in [0.15, 0.2) is 24.3 Å². The Morgan fingerprint density at radius 2 is 2.06 bits per heavy atom. The van der Waals surface area contributed by atoms with Crippen molar-refractivity contribution in [3.8, 4) is 0 Å². The average molecular weight is 248 g/mol. The molecule has 1 aromatic rings. The molecule has 1 aliphatic heterocycles. The van der Waals surface area contributed by atoms with Crippen LogP contribution < -0.4 is 10.2 Å². The highest BCUT2D eigenvalue weighted by atomic mass is 16.5. The van der Waals surface area contributed by atoms with Crippen LogP contribution in [0, 0.1) is 0 Å². The Morgan fingerprint density at radius 1 is 1.33 bits per heavy atom. The quantitative estimate of drug-likeness (QED) is 0.892. The topological polar surface area (TPSA) is 41.6 Å². The third kappa shape index (κ3) is 3.01. The number of ether oxygens (including phenoxy) is 1. The molecule has 1 heterocycles. The number of anilines is 2. The zero-order valence-electron chi connectivity index (χ0n) is 11.2. The second-order valence-electron chi connectivity index (χ2n) is 5.38. The number of nitrogens with one attached hydrogen (secondary N) is 1. The molecule has 98 valence electrons. The van der Waals surface area contributed by atoms with Gasteiger partial charge in [-0.15, -0.1) is 0 Å². The molecule has 4 heteroatoms. The average Bonchev–Trinajstić information content (AvgIpc) is 2.31. The Labute approximate surface area is 108 Å². The molecule has 0 radical (unpaired) electrons. The first-order valence-corrected chi connectivity index (χ1v) is 6.24. The van der Waals surface area contributed by atoms with Crippen LogP contribution >= 0.6 is 0 Å². The van der Waals surface area contributed by atoms with Crippen LogP contribution in [-0.2, 0) is 9.53 Å². The third-order valence-corrected chi connectivity index (χ3v) is 2.78. The lowest BCUT2D eigenvalue weighted by Crippen LogP contribution is -2.42. The van der Waals surface area contributed by atoms with Crippen molar-refractivity contribution in [3.63, 3.8) is 0 Å². The number of rotatable bonds is 3. The van der Waals surface area contributed by atoms with Crippen LogP contribution in [0.5, 0.6) is 0 Å². The number of amides is 1. The first kappa shape index (κ1) is 12.9. The smallest absolute Gasteiger partial charge is 0.246 e. The molecule has 0 saturated heterocycles. The fourth-order valence-electron chi connectivity index (χ4n) is 1.95. The van der Waals surface area contributed by atoms with E-state index in [1.54, 1.807) is 4.90 Å². The lowest BCUT2D eigenvalue weighted by Gasteiger charge is -2.31. The molecule has 0 aromatic heterocycles. The van der Waals surface area contributed by atoms with Crippen molar-refractivity contribution in [2.24, 2.45) is 0 Å². The molecule has 1 aliphatic rings. The highest BCUT2D eigenvalue weighted by Crippen LogP contribution is 2.28. The first-order valence-electron chi connectivity index (χ1n) is 6.24. The van der Waals surface area contributed by atoms with Crippen molar-refractivity contribution in [2.45, 2.75) is 26.4 Å². The van der Waals surface area contributed by atoms with Gasteiger partial charge in [0.1, 0.15) is 0 Å². The number of fused-ring (bicyclic) bond motifs is 1. The number of hydrogen-bond acceptors (Lipinski definition) is 3. The summed E-state index contributed by atoms with van der Waals surface area (Å²) in [5.74, 6) is 0.0891. The molecule has 1 amide bonds. The molecule has 0 unspecified atom stereocenters. The van der Waals surface area contributed by atoms with Crippen LogP contribution in [0.4, 0.5) is 11.4 Å². The fraction of sp³-hybridized carbons (Fsp3) is 0.500. The lowest BCUT2D eigenvalue weighted by molar-refractivity contribution is -0.117. The van der Waals surface area contributed by atoms with E-state index in [4.69, 9.17) is 4.74 Å². The van der Waals surface area contributed by atoms with Gasteiger partial charge in [-0.05, 0) is 32.9 Å². The van der Waals surface area contributed by atoms with Gasteiger partial charge in [0, 0.05) is 6.54 Å². The van der Waals surface area contributed by atoms with Crippen molar-refractivity contribution in [1.29, 1.82) is 0 Å². The van der Waals surface area contributed by atoms with E-state index in [1.165, 1.54) is 0 Å². The minimum Gasteiger partial charge on any atom is -0.374 e. The van der Waals surface area contributed by atoms with Crippen LogP contribution in [0.2, 0.25) is 0 Å². The summed E-state index contributed by atoms with van der Waals surface area (Å²) in [6.45, 7) is 7.53. The largest absolute Gasteiger partial charge is 0.374 e. The summed E-state index contributed by atoms with van der Waals surface area (Å²) < 4.78 is 5.68. The zero-order chi connectivity index (χ0) is 13.2. The molecule has 18 heavy (non-hydrogen) atoms. The van der Waals surface area contributed by atoms with Gasteiger partial charge >= 0.3 is 0 Å². The van der Waals surface area contributed by atoms with E-state index in [9.17, 15) is 4.79 Å². The second-order valence-corrected chi connectivity index (χ2v) is 5.38. The summed E-state index contributed by atoms with van der Waals surface area (Å²) >= 11 is 0. The number of carbonyl (C=O) groups is 1. The number of hydrogen-bond donors (Lipinski definition) is 1. The van der Waals surface area contributed by atoms with Crippen molar-refractivity contribution < 1.29 is 9.53 Å². The van der Waals surface area contributed by atoms with Gasteiger partial charge in [-0.2, -0.15) is 0 Å². The van der Waals surface area contributed by atoms with Gasteiger partial charge in [0.2, 0.25) is 5.91 Å². The van der Waals surface area contributed by atoms with E-state index < -0.39 is 0 Å². The molecule has 0 saturated carbocycles. The minimum absolute atomic E-state index is 0.0891. The maximum absolute atomic E-state index is 11.9. The summed E-state index contributed by atoms with van der Waals surface area (Å²) in [5, 5.41) is 3.12. The molecular formula is C14H20N2O2. The molecule has 0 aliphatic carbocycles. The number of nitrogens with zero attached hydrogens (tertiary/aromatic N) is 1. The van der Waals surface area contributed by atoms with Gasteiger partial charge in [-0.1, -0.05) is 12.1 Å². The third-order valence-electron chi connectivity index (χ3n) is 2.78. The number of carbonyl (C=O) groups excluding carboxylic acids is 1. The summed E-state index contributed by atoms with van der Waals surface area (Å²) in [7, 11) is 0. The second kappa shape index (κ2) is 4.98.